The molecule has 0 bridgehead atoms. The number of para-hydroxylation sites is 1. The Balaban J connectivity index is 1.82. The summed E-state index contributed by atoms with van der Waals surface area (Å²) < 4.78 is 7.58. The van der Waals surface area contributed by atoms with Crippen molar-refractivity contribution in [3.63, 3.8) is 0 Å². The van der Waals surface area contributed by atoms with E-state index in [0.717, 1.165) is 17.4 Å². The van der Waals surface area contributed by atoms with E-state index in [4.69, 9.17) is 4.74 Å². The third-order valence-corrected chi connectivity index (χ3v) is 5.11. The molecule has 1 aliphatic rings. The summed E-state index contributed by atoms with van der Waals surface area (Å²) >= 11 is 0. The highest BCUT2D eigenvalue weighted by Gasteiger charge is 2.34. The highest BCUT2D eigenvalue weighted by atomic mass is 16.5. The number of nitrogens with zero attached hydrogens (tertiary/aromatic N) is 3. The highest BCUT2D eigenvalue weighted by Crippen LogP contribution is 2.34. The molecule has 0 radical (unpaired) electrons. The summed E-state index contributed by atoms with van der Waals surface area (Å²) in [6, 6.07) is 13.7. The van der Waals surface area contributed by atoms with Crippen molar-refractivity contribution in [2.45, 2.75) is 26.4 Å². The van der Waals surface area contributed by atoms with E-state index in [2.05, 4.69) is 41.7 Å². The maximum Gasteiger partial charge on any atom is 0.255 e. The van der Waals surface area contributed by atoms with Crippen LogP contribution in [0, 0.1) is 5.92 Å². The van der Waals surface area contributed by atoms with Crippen molar-refractivity contribution in [1.82, 2.24) is 14.5 Å². The Hall–Kier alpha value is -2.82. The normalized spacial score (nSPS) is 16.8. The lowest BCUT2D eigenvalue weighted by molar-refractivity contribution is 0.0558. The SMILES string of the molecule is COc1cc(C(=O)N2CCn3cccc3[C@@H]2C(C)C)c2ccccc2n1. The van der Waals surface area contributed by atoms with Crippen molar-refractivity contribution in [1.29, 1.82) is 0 Å². The Kier molecular flexibility index (Phi) is 4.15. The second-order valence-corrected chi connectivity index (χ2v) is 7.04. The van der Waals surface area contributed by atoms with Crippen LogP contribution < -0.4 is 4.74 Å². The molecule has 0 N–H and O–H groups in total. The predicted octanol–water partition coefficient (Wildman–Crippen LogP) is 3.90. The first-order valence-corrected chi connectivity index (χ1v) is 9.00. The average Bonchev–Trinajstić information content (AvgIpc) is 3.14. The molecule has 4 rings (SSSR count). The Labute approximate surface area is 153 Å². The summed E-state index contributed by atoms with van der Waals surface area (Å²) in [5, 5.41) is 0.863. The predicted molar refractivity (Wildman–Crippen MR) is 101 cm³/mol. The summed E-state index contributed by atoms with van der Waals surface area (Å²) in [6.45, 7) is 5.84. The van der Waals surface area contributed by atoms with Gasteiger partial charge in [0.2, 0.25) is 5.88 Å². The van der Waals surface area contributed by atoms with Crippen LogP contribution in [0.25, 0.3) is 10.9 Å². The van der Waals surface area contributed by atoms with Crippen LogP contribution in [0.3, 0.4) is 0 Å². The van der Waals surface area contributed by atoms with Gasteiger partial charge in [-0.3, -0.25) is 4.79 Å². The molecule has 26 heavy (non-hydrogen) atoms. The molecular formula is C21H23N3O2. The lowest BCUT2D eigenvalue weighted by Gasteiger charge is -2.39. The average molecular weight is 349 g/mol. The molecule has 3 heterocycles. The zero-order valence-electron chi connectivity index (χ0n) is 15.3. The van der Waals surface area contributed by atoms with Gasteiger partial charge in [-0.15, -0.1) is 0 Å². The van der Waals surface area contributed by atoms with Gasteiger partial charge in [0.05, 0.1) is 24.2 Å². The number of benzene rings is 1. The van der Waals surface area contributed by atoms with Crippen LogP contribution in [0.4, 0.5) is 0 Å². The minimum Gasteiger partial charge on any atom is -0.481 e. The third kappa shape index (κ3) is 2.64. The van der Waals surface area contributed by atoms with Gasteiger partial charge in [0.25, 0.3) is 5.91 Å². The van der Waals surface area contributed by atoms with Crippen LogP contribution in [0.5, 0.6) is 5.88 Å². The summed E-state index contributed by atoms with van der Waals surface area (Å²) in [5.74, 6) is 0.824. The van der Waals surface area contributed by atoms with E-state index in [1.54, 1.807) is 13.2 Å². The van der Waals surface area contributed by atoms with Crippen molar-refractivity contribution in [2.75, 3.05) is 13.7 Å². The molecule has 0 spiro atoms. The van der Waals surface area contributed by atoms with Crippen molar-refractivity contribution < 1.29 is 9.53 Å². The molecule has 1 amide bonds. The number of aromatic nitrogens is 2. The van der Waals surface area contributed by atoms with E-state index < -0.39 is 0 Å². The van der Waals surface area contributed by atoms with E-state index in [1.807, 2.05) is 29.2 Å². The Morgan fingerprint density at radius 1 is 1.19 bits per heavy atom. The number of amides is 1. The summed E-state index contributed by atoms with van der Waals surface area (Å²) in [4.78, 5) is 20.0. The summed E-state index contributed by atoms with van der Waals surface area (Å²) in [5.41, 5.74) is 2.62. The first-order valence-electron chi connectivity index (χ1n) is 9.00. The largest absolute Gasteiger partial charge is 0.481 e. The van der Waals surface area contributed by atoms with E-state index in [1.165, 1.54) is 5.69 Å². The Morgan fingerprint density at radius 2 is 2.00 bits per heavy atom. The first kappa shape index (κ1) is 16.6. The molecule has 1 aromatic carbocycles. The van der Waals surface area contributed by atoms with Crippen LogP contribution in [-0.4, -0.2) is 34.0 Å². The van der Waals surface area contributed by atoms with Gasteiger partial charge in [0.15, 0.2) is 0 Å². The fourth-order valence-electron chi connectivity index (χ4n) is 3.93. The molecule has 3 aromatic rings. The molecule has 1 aliphatic heterocycles. The lowest BCUT2D eigenvalue weighted by Crippen LogP contribution is -2.44. The van der Waals surface area contributed by atoms with Gasteiger partial charge in [-0.05, 0) is 24.1 Å². The maximum absolute atomic E-state index is 13.6. The van der Waals surface area contributed by atoms with Gasteiger partial charge in [0, 0.05) is 36.4 Å². The number of hydrogen-bond donors (Lipinski definition) is 0. The lowest BCUT2D eigenvalue weighted by atomic mass is 9.95. The van der Waals surface area contributed by atoms with E-state index in [-0.39, 0.29) is 11.9 Å². The number of ether oxygens (including phenoxy) is 1. The topological polar surface area (TPSA) is 47.4 Å². The standard InChI is InChI=1S/C21H23N3O2/c1-14(2)20-18-9-6-10-23(18)11-12-24(20)21(25)16-13-19(26-3)22-17-8-5-4-7-15(16)17/h4-10,13-14,20H,11-12H2,1-3H3/t20-/m0/s1. The second kappa shape index (κ2) is 6.48. The molecule has 0 fully saturated rings. The molecule has 5 heteroatoms. The monoisotopic (exact) mass is 349 g/mol. The smallest absolute Gasteiger partial charge is 0.255 e. The van der Waals surface area contributed by atoms with Crippen LogP contribution >= 0.6 is 0 Å². The number of rotatable bonds is 3. The molecule has 134 valence electrons. The Morgan fingerprint density at radius 3 is 2.77 bits per heavy atom. The van der Waals surface area contributed by atoms with Gasteiger partial charge >= 0.3 is 0 Å². The van der Waals surface area contributed by atoms with Gasteiger partial charge < -0.3 is 14.2 Å². The molecule has 2 aromatic heterocycles. The summed E-state index contributed by atoms with van der Waals surface area (Å²) in [6.07, 6.45) is 2.09. The van der Waals surface area contributed by atoms with Crippen LogP contribution in [0.15, 0.2) is 48.7 Å². The van der Waals surface area contributed by atoms with Crippen molar-refractivity contribution in [3.05, 3.63) is 59.9 Å². The molecule has 1 atom stereocenters. The zero-order valence-corrected chi connectivity index (χ0v) is 15.3. The van der Waals surface area contributed by atoms with E-state index >= 15 is 0 Å². The van der Waals surface area contributed by atoms with E-state index in [9.17, 15) is 4.79 Å². The highest BCUT2D eigenvalue weighted by molar-refractivity contribution is 6.06. The van der Waals surface area contributed by atoms with Crippen molar-refractivity contribution in [3.8, 4) is 5.88 Å². The zero-order chi connectivity index (χ0) is 18.3. The van der Waals surface area contributed by atoms with Crippen molar-refractivity contribution >= 4 is 16.8 Å². The minimum absolute atomic E-state index is 0.0352. The van der Waals surface area contributed by atoms with Crippen LogP contribution in [0.1, 0.15) is 35.9 Å². The van der Waals surface area contributed by atoms with Gasteiger partial charge in [-0.2, -0.15) is 0 Å². The number of hydrogen-bond acceptors (Lipinski definition) is 3. The van der Waals surface area contributed by atoms with Gasteiger partial charge in [0.1, 0.15) is 0 Å². The Bertz CT molecular complexity index is 961. The quantitative estimate of drug-likeness (QED) is 0.720. The molecule has 0 unspecified atom stereocenters. The fraction of sp³-hybridized carbons (Fsp3) is 0.333. The number of pyridine rings is 1. The number of fused-ring (bicyclic) bond motifs is 2. The third-order valence-electron chi connectivity index (χ3n) is 5.11. The fourth-order valence-corrected chi connectivity index (χ4v) is 3.93. The first-order chi connectivity index (χ1) is 12.6. The van der Waals surface area contributed by atoms with Gasteiger partial charge in [-0.1, -0.05) is 32.0 Å². The molecule has 5 nitrogen and oxygen atoms in total. The van der Waals surface area contributed by atoms with Crippen molar-refractivity contribution in [2.24, 2.45) is 5.92 Å². The van der Waals surface area contributed by atoms with Gasteiger partial charge in [-0.25, -0.2) is 4.98 Å². The molecule has 0 saturated heterocycles. The van der Waals surface area contributed by atoms with E-state index in [0.29, 0.717) is 23.9 Å². The minimum atomic E-state index is 0.0352. The number of carbonyl (C=O) groups is 1. The van der Waals surface area contributed by atoms with Crippen LogP contribution in [0.2, 0.25) is 0 Å². The molecule has 0 aliphatic carbocycles. The number of carbonyl (C=O) groups excluding carboxylic acids is 1. The van der Waals surface area contributed by atoms with Crippen LogP contribution in [-0.2, 0) is 6.54 Å². The number of methoxy groups -OCH3 is 1. The maximum atomic E-state index is 13.6. The second-order valence-electron chi connectivity index (χ2n) is 7.04. The molecule has 0 saturated carbocycles. The molecular weight excluding hydrogens is 326 g/mol. The summed E-state index contributed by atoms with van der Waals surface area (Å²) in [7, 11) is 1.58.